The molecule has 1 unspecified atom stereocenters. The molecule has 0 aromatic heterocycles. The van der Waals surface area contributed by atoms with Crippen LogP contribution in [0.4, 0.5) is 0 Å². The summed E-state index contributed by atoms with van der Waals surface area (Å²) in [4.78, 5) is 2.66. The Morgan fingerprint density at radius 3 is 2.63 bits per heavy atom. The normalized spacial score (nSPS) is 11.5. The molecule has 0 spiro atoms. The molecule has 1 rings (SSSR count). The molecule has 0 saturated carbocycles. The third-order valence-electron chi connectivity index (χ3n) is 2.34. The van der Waals surface area contributed by atoms with Gasteiger partial charge in [0.15, 0.2) is 0 Å². The van der Waals surface area contributed by atoms with Crippen molar-refractivity contribution in [1.29, 1.82) is 5.26 Å². The fourth-order valence-corrected chi connectivity index (χ4v) is 1.55. The van der Waals surface area contributed by atoms with E-state index in [-0.39, 0.29) is 6.10 Å². The fourth-order valence-electron chi connectivity index (χ4n) is 1.55. The Morgan fingerprint density at radius 1 is 1.42 bits per heavy atom. The van der Waals surface area contributed by atoms with Crippen molar-refractivity contribution in [3.05, 3.63) is 40.3 Å². The number of rotatable bonds is 7. The van der Waals surface area contributed by atoms with Crippen molar-refractivity contribution in [2.24, 2.45) is 5.11 Å². The van der Waals surface area contributed by atoms with E-state index in [0.29, 0.717) is 13.1 Å². The second-order valence-corrected chi connectivity index (χ2v) is 4.21. The molecule has 100 valence electrons. The van der Waals surface area contributed by atoms with Crippen molar-refractivity contribution in [2.75, 3.05) is 13.1 Å². The van der Waals surface area contributed by atoms with Gasteiger partial charge in [0.2, 0.25) is 0 Å². The van der Waals surface area contributed by atoms with Gasteiger partial charge in [-0.1, -0.05) is 17.2 Å². The monoisotopic (exact) mass is 259 g/mol. The van der Waals surface area contributed by atoms with Crippen LogP contribution in [0.1, 0.15) is 25.5 Å². The Bertz CT molecular complexity index is 471. The molecule has 6 nitrogen and oxygen atoms in total. The lowest BCUT2D eigenvalue weighted by molar-refractivity contribution is 0.242. The highest BCUT2D eigenvalue weighted by Crippen LogP contribution is 2.18. The largest absolute Gasteiger partial charge is 0.491 e. The Morgan fingerprint density at radius 2 is 2.11 bits per heavy atom. The number of nitrogens with one attached hydrogen (secondary N) is 1. The third kappa shape index (κ3) is 5.30. The van der Waals surface area contributed by atoms with Crippen LogP contribution in [-0.4, -0.2) is 19.2 Å². The molecule has 1 aromatic rings. The maximum atomic E-state index is 9.10. The van der Waals surface area contributed by atoms with Gasteiger partial charge < -0.3 is 4.74 Å². The van der Waals surface area contributed by atoms with E-state index < -0.39 is 6.04 Å². The molecule has 0 amide bonds. The molecular weight excluding hydrogens is 242 g/mol. The molecule has 1 N–H and O–H groups in total. The van der Waals surface area contributed by atoms with Crippen LogP contribution < -0.4 is 10.1 Å². The van der Waals surface area contributed by atoms with Crippen LogP contribution in [-0.2, 0) is 0 Å². The molecule has 0 heterocycles. The van der Waals surface area contributed by atoms with Crippen molar-refractivity contribution in [1.82, 2.24) is 5.32 Å². The number of hydrogen-bond donors (Lipinski definition) is 1. The molecule has 1 aromatic carbocycles. The first-order valence-corrected chi connectivity index (χ1v) is 6.08. The summed E-state index contributed by atoms with van der Waals surface area (Å²) in [6, 6.07) is 9.14. The number of nitrogens with zero attached hydrogens (tertiary/aromatic N) is 4. The molecule has 6 heteroatoms. The summed E-state index contributed by atoms with van der Waals surface area (Å²) >= 11 is 0. The lowest BCUT2D eigenvalue weighted by atomic mass is 10.1. The maximum Gasteiger partial charge on any atom is 0.121 e. The van der Waals surface area contributed by atoms with Gasteiger partial charge >= 0.3 is 0 Å². The zero-order valence-electron chi connectivity index (χ0n) is 11.1. The minimum absolute atomic E-state index is 0.125. The Balaban J connectivity index is 2.61. The van der Waals surface area contributed by atoms with Gasteiger partial charge in [-0.25, -0.2) is 0 Å². The van der Waals surface area contributed by atoms with Crippen LogP contribution in [0.5, 0.6) is 5.75 Å². The second-order valence-electron chi connectivity index (χ2n) is 4.21. The van der Waals surface area contributed by atoms with E-state index in [0.717, 1.165) is 11.3 Å². The predicted molar refractivity (Wildman–Crippen MR) is 72.6 cm³/mol. The first-order chi connectivity index (χ1) is 9.17. The highest BCUT2D eigenvalue weighted by Gasteiger charge is 2.09. The summed E-state index contributed by atoms with van der Waals surface area (Å²) < 4.78 is 5.54. The number of benzene rings is 1. The summed E-state index contributed by atoms with van der Waals surface area (Å²) in [6.07, 6.45) is 0.125. The minimum Gasteiger partial charge on any atom is -0.491 e. The van der Waals surface area contributed by atoms with E-state index in [4.69, 9.17) is 15.5 Å². The van der Waals surface area contributed by atoms with Crippen molar-refractivity contribution in [3.8, 4) is 11.8 Å². The highest BCUT2D eigenvalue weighted by atomic mass is 16.5. The quantitative estimate of drug-likeness (QED) is 0.353. The number of azide groups is 1. The molecule has 0 fully saturated rings. The fraction of sp³-hybridized carbons (Fsp3) is 0.462. The van der Waals surface area contributed by atoms with E-state index in [2.05, 4.69) is 21.4 Å². The van der Waals surface area contributed by atoms with E-state index >= 15 is 0 Å². The summed E-state index contributed by atoms with van der Waals surface area (Å²) in [5.41, 5.74) is 9.02. The van der Waals surface area contributed by atoms with Gasteiger partial charge in [0, 0.05) is 18.0 Å². The van der Waals surface area contributed by atoms with E-state index in [1.807, 2.05) is 38.1 Å². The van der Waals surface area contributed by atoms with Crippen LogP contribution >= 0.6 is 0 Å². The topological polar surface area (TPSA) is 93.8 Å². The molecule has 0 aliphatic rings. The molecule has 19 heavy (non-hydrogen) atoms. The molecule has 1 atom stereocenters. The van der Waals surface area contributed by atoms with Crippen LogP contribution in [0.2, 0.25) is 0 Å². The van der Waals surface area contributed by atoms with Crippen LogP contribution in [0, 0.1) is 11.3 Å². The molecule has 0 radical (unpaired) electrons. The van der Waals surface area contributed by atoms with Crippen molar-refractivity contribution < 1.29 is 4.74 Å². The second kappa shape index (κ2) is 7.98. The molecule has 0 saturated heterocycles. The Labute approximate surface area is 112 Å². The van der Waals surface area contributed by atoms with Crippen molar-refractivity contribution in [2.45, 2.75) is 26.0 Å². The molecule has 0 bridgehead atoms. The molecule has 0 aliphatic heterocycles. The van der Waals surface area contributed by atoms with Gasteiger partial charge in [-0.05, 0) is 37.1 Å². The third-order valence-corrected chi connectivity index (χ3v) is 2.34. The van der Waals surface area contributed by atoms with Gasteiger partial charge in [-0.2, -0.15) is 5.26 Å². The predicted octanol–water partition coefficient (Wildman–Crippen LogP) is 2.94. The molecular formula is C13H17N5O. The van der Waals surface area contributed by atoms with Gasteiger partial charge in [-0.15, -0.1) is 0 Å². The Hall–Kier alpha value is -2.22. The van der Waals surface area contributed by atoms with Gasteiger partial charge in [0.25, 0.3) is 0 Å². The highest BCUT2D eigenvalue weighted by molar-refractivity contribution is 5.31. The van der Waals surface area contributed by atoms with Gasteiger partial charge in [-0.3, -0.25) is 5.32 Å². The first kappa shape index (κ1) is 14.8. The number of nitriles is 1. The van der Waals surface area contributed by atoms with Crippen LogP contribution in [0.25, 0.3) is 10.4 Å². The average molecular weight is 259 g/mol. The number of hydrogen-bond acceptors (Lipinski definition) is 4. The lowest BCUT2D eigenvalue weighted by Crippen LogP contribution is -2.22. The lowest BCUT2D eigenvalue weighted by Gasteiger charge is -2.13. The summed E-state index contributed by atoms with van der Waals surface area (Å²) in [6.45, 7) is 4.71. The minimum atomic E-state index is -0.415. The van der Waals surface area contributed by atoms with Crippen LogP contribution in [0.3, 0.4) is 0 Å². The Kier molecular flexibility index (Phi) is 6.23. The van der Waals surface area contributed by atoms with Gasteiger partial charge in [0.1, 0.15) is 11.8 Å². The van der Waals surface area contributed by atoms with Gasteiger partial charge in [0.05, 0.1) is 12.2 Å². The summed E-state index contributed by atoms with van der Waals surface area (Å²) in [7, 11) is 0. The standard InChI is InChI=1S/C13H17N5O/c1-10(2)19-12-5-3-11(4-6-12)13(9-14)16-7-8-17-18-15/h3-6,10,13,16H,7-8H2,1-2H3. The summed E-state index contributed by atoms with van der Waals surface area (Å²) in [5.74, 6) is 0.782. The maximum absolute atomic E-state index is 9.10. The van der Waals surface area contributed by atoms with E-state index in [9.17, 15) is 0 Å². The summed E-state index contributed by atoms with van der Waals surface area (Å²) in [5, 5.41) is 15.5. The smallest absolute Gasteiger partial charge is 0.121 e. The van der Waals surface area contributed by atoms with E-state index in [1.165, 1.54) is 0 Å². The average Bonchev–Trinajstić information content (AvgIpc) is 2.40. The SMILES string of the molecule is CC(C)Oc1ccc(C(C#N)NCCN=[N+]=[N-])cc1. The van der Waals surface area contributed by atoms with Crippen molar-refractivity contribution in [3.63, 3.8) is 0 Å². The van der Waals surface area contributed by atoms with Crippen molar-refractivity contribution >= 4 is 0 Å². The van der Waals surface area contributed by atoms with E-state index in [1.54, 1.807) is 0 Å². The van der Waals surface area contributed by atoms with Crippen LogP contribution in [0.15, 0.2) is 29.4 Å². The number of ether oxygens (including phenoxy) is 1. The zero-order valence-corrected chi connectivity index (χ0v) is 11.1. The zero-order chi connectivity index (χ0) is 14.1. The first-order valence-electron chi connectivity index (χ1n) is 6.08. The molecule has 0 aliphatic carbocycles.